The molecule has 21 heavy (non-hydrogen) atoms. The summed E-state index contributed by atoms with van der Waals surface area (Å²) >= 11 is 5.61. The summed E-state index contributed by atoms with van der Waals surface area (Å²) in [5.74, 6) is -0.903. The summed E-state index contributed by atoms with van der Waals surface area (Å²) in [6, 6.07) is 8.23. The van der Waals surface area contributed by atoms with Gasteiger partial charge in [-0.05, 0) is 36.4 Å². The van der Waals surface area contributed by atoms with Crippen molar-refractivity contribution in [1.82, 2.24) is 10.2 Å². The Hall–Kier alpha value is -2.12. The van der Waals surface area contributed by atoms with Crippen LogP contribution in [-0.2, 0) is 10.0 Å². The van der Waals surface area contributed by atoms with Crippen molar-refractivity contribution in [3.8, 4) is 0 Å². The summed E-state index contributed by atoms with van der Waals surface area (Å²) in [5, 5.41) is 7.47. The van der Waals surface area contributed by atoms with Gasteiger partial charge in [-0.25, -0.2) is 12.8 Å². The Balaban J connectivity index is 1.98. The van der Waals surface area contributed by atoms with Crippen molar-refractivity contribution in [2.24, 2.45) is 0 Å². The first-order valence-corrected chi connectivity index (χ1v) is 7.73. The molecule has 0 unspecified atom stereocenters. The van der Waals surface area contributed by atoms with Crippen molar-refractivity contribution in [3.05, 3.63) is 53.4 Å². The SMILES string of the molecule is O=S(=O)(Nc1ccc2[nH]ncc2c1)c1ccc(Cl)cc1F. The number of fused-ring (bicyclic) bond motifs is 1. The highest BCUT2D eigenvalue weighted by molar-refractivity contribution is 7.92. The van der Waals surface area contributed by atoms with Gasteiger partial charge in [0.1, 0.15) is 10.7 Å². The summed E-state index contributed by atoms with van der Waals surface area (Å²) in [7, 11) is -4.03. The van der Waals surface area contributed by atoms with E-state index in [2.05, 4.69) is 14.9 Å². The van der Waals surface area contributed by atoms with Crippen LogP contribution in [0.25, 0.3) is 10.9 Å². The van der Waals surface area contributed by atoms with Crippen LogP contribution in [0.2, 0.25) is 5.02 Å². The maximum Gasteiger partial charge on any atom is 0.264 e. The van der Waals surface area contributed by atoms with Gasteiger partial charge in [-0.15, -0.1) is 0 Å². The highest BCUT2D eigenvalue weighted by Crippen LogP contribution is 2.23. The van der Waals surface area contributed by atoms with Crippen LogP contribution in [0.15, 0.2) is 47.5 Å². The maximum absolute atomic E-state index is 13.7. The third-order valence-corrected chi connectivity index (χ3v) is 4.53. The van der Waals surface area contributed by atoms with Gasteiger partial charge in [-0.3, -0.25) is 9.82 Å². The number of halogens is 2. The molecule has 0 saturated heterocycles. The molecule has 0 bridgehead atoms. The molecule has 2 aromatic carbocycles. The van der Waals surface area contributed by atoms with E-state index in [1.807, 2.05) is 0 Å². The van der Waals surface area contributed by atoms with Crippen molar-refractivity contribution in [2.75, 3.05) is 4.72 Å². The Kier molecular flexibility index (Phi) is 3.30. The lowest BCUT2D eigenvalue weighted by atomic mass is 10.2. The maximum atomic E-state index is 13.7. The Morgan fingerprint density at radius 1 is 1.19 bits per heavy atom. The number of benzene rings is 2. The zero-order valence-corrected chi connectivity index (χ0v) is 12.0. The lowest BCUT2D eigenvalue weighted by molar-refractivity contribution is 0.570. The number of hydrogen-bond donors (Lipinski definition) is 2. The standard InChI is InChI=1S/C13H9ClFN3O2S/c14-9-1-4-13(11(15)6-9)21(19,20)18-10-2-3-12-8(5-10)7-16-17-12/h1-7,18H,(H,16,17). The van der Waals surface area contributed by atoms with Gasteiger partial charge in [-0.1, -0.05) is 11.6 Å². The molecule has 1 aromatic heterocycles. The van der Waals surface area contributed by atoms with Crippen LogP contribution < -0.4 is 4.72 Å². The van der Waals surface area contributed by atoms with Crippen molar-refractivity contribution in [3.63, 3.8) is 0 Å². The van der Waals surface area contributed by atoms with E-state index in [1.54, 1.807) is 24.4 Å². The summed E-state index contributed by atoms with van der Waals surface area (Å²) in [6.07, 6.45) is 1.57. The summed E-state index contributed by atoms with van der Waals surface area (Å²) in [5.41, 5.74) is 1.09. The Labute approximate surface area is 124 Å². The van der Waals surface area contributed by atoms with E-state index in [-0.39, 0.29) is 5.02 Å². The number of aromatic amines is 1. The van der Waals surface area contributed by atoms with Crippen molar-refractivity contribution in [2.45, 2.75) is 4.90 Å². The molecule has 0 aliphatic heterocycles. The van der Waals surface area contributed by atoms with Crippen molar-refractivity contribution < 1.29 is 12.8 Å². The number of nitrogens with one attached hydrogen (secondary N) is 2. The van der Waals surface area contributed by atoms with Crippen molar-refractivity contribution in [1.29, 1.82) is 0 Å². The van der Waals surface area contributed by atoms with Gasteiger partial charge >= 0.3 is 0 Å². The molecule has 0 aliphatic rings. The fourth-order valence-corrected chi connectivity index (χ4v) is 3.18. The Morgan fingerprint density at radius 3 is 2.76 bits per heavy atom. The van der Waals surface area contributed by atoms with E-state index in [0.717, 1.165) is 23.0 Å². The number of rotatable bonds is 3. The van der Waals surface area contributed by atoms with Crippen LogP contribution in [0.5, 0.6) is 0 Å². The second-order valence-corrected chi connectivity index (χ2v) is 6.44. The van der Waals surface area contributed by atoms with E-state index >= 15 is 0 Å². The molecule has 0 aliphatic carbocycles. The van der Waals surface area contributed by atoms with E-state index in [9.17, 15) is 12.8 Å². The molecule has 0 saturated carbocycles. The zero-order chi connectivity index (χ0) is 15.0. The fraction of sp³-hybridized carbons (Fsp3) is 0. The van der Waals surface area contributed by atoms with Crippen LogP contribution in [0.1, 0.15) is 0 Å². The minimum absolute atomic E-state index is 0.131. The fourth-order valence-electron chi connectivity index (χ4n) is 1.91. The number of sulfonamides is 1. The third kappa shape index (κ3) is 2.70. The largest absolute Gasteiger partial charge is 0.280 e. The first-order chi connectivity index (χ1) is 9.95. The quantitative estimate of drug-likeness (QED) is 0.776. The molecule has 2 N–H and O–H groups in total. The van der Waals surface area contributed by atoms with Crippen LogP contribution in [0, 0.1) is 5.82 Å². The van der Waals surface area contributed by atoms with Crippen LogP contribution >= 0.6 is 11.6 Å². The summed E-state index contributed by atoms with van der Waals surface area (Å²) in [4.78, 5) is -0.459. The Bertz CT molecular complexity index is 924. The molecule has 108 valence electrons. The molecule has 0 fully saturated rings. The highest BCUT2D eigenvalue weighted by Gasteiger charge is 2.19. The van der Waals surface area contributed by atoms with Crippen LogP contribution in [0.4, 0.5) is 10.1 Å². The van der Waals surface area contributed by atoms with Gasteiger partial charge in [0.2, 0.25) is 0 Å². The molecule has 5 nitrogen and oxygen atoms in total. The van der Waals surface area contributed by atoms with Gasteiger partial charge in [0.05, 0.1) is 11.7 Å². The van der Waals surface area contributed by atoms with Crippen molar-refractivity contribution >= 4 is 38.2 Å². The summed E-state index contributed by atoms with van der Waals surface area (Å²) < 4.78 is 40.4. The minimum atomic E-state index is -4.03. The molecule has 3 aromatic rings. The molecule has 0 radical (unpaired) electrons. The molecule has 0 spiro atoms. The molecule has 0 atom stereocenters. The predicted molar refractivity (Wildman–Crippen MR) is 78.3 cm³/mol. The molecular formula is C13H9ClFN3O2S. The van der Waals surface area contributed by atoms with E-state index in [1.165, 1.54) is 6.07 Å². The first-order valence-electron chi connectivity index (χ1n) is 5.87. The lowest BCUT2D eigenvalue weighted by Crippen LogP contribution is -2.14. The number of anilines is 1. The van der Waals surface area contributed by atoms with Gasteiger partial charge in [-0.2, -0.15) is 5.10 Å². The number of hydrogen-bond acceptors (Lipinski definition) is 3. The number of H-pyrrole nitrogens is 1. The predicted octanol–water partition coefficient (Wildman–Crippen LogP) is 3.16. The second kappa shape index (κ2) is 5.01. The highest BCUT2D eigenvalue weighted by atomic mass is 35.5. The van der Waals surface area contributed by atoms with Crippen LogP contribution in [0.3, 0.4) is 0 Å². The zero-order valence-electron chi connectivity index (χ0n) is 10.5. The van der Waals surface area contributed by atoms with E-state index in [4.69, 9.17) is 11.6 Å². The number of aromatic nitrogens is 2. The molecule has 0 amide bonds. The molecular weight excluding hydrogens is 317 g/mol. The lowest BCUT2D eigenvalue weighted by Gasteiger charge is -2.09. The first kappa shape index (κ1) is 13.8. The minimum Gasteiger partial charge on any atom is -0.280 e. The molecule has 8 heteroatoms. The molecule has 1 heterocycles. The average molecular weight is 326 g/mol. The van der Waals surface area contributed by atoms with E-state index < -0.39 is 20.7 Å². The average Bonchev–Trinajstić information content (AvgIpc) is 2.85. The monoisotopic (exact) mass is 325 g/mol. The van der Waals surface area contributed by atoms with Gasteiger partial charge in [0.15, 0.2) is 0 Å². The third-order valence-electron chi connectivity index (χ3n) is 2.88. The van der Waals surface area contributed by atoms with Gasteiger partial charge in [0, 0.05) is 16.1 Å². The normalized spacial score (nSPS) is 11.7. The second-order valence-electron chi connectivity index (χ2n) is 4.35. The molecule has 3 rings (SSSR count). The van der Waals surface area contributed by atoms with E-state index in [0.29, 0.717) is 5.69 Å². The van der Waals surface area contributed by atoms with Gasteiger partial charge < -0.3 is 0 Å². The summed E-state index contributed by atoms with van der Waals surface area (Å²) in [6.45, 7) is 0. The Morgan fingerprint density at radius 2 is 2.00 bits per heavy atom. The smallest absolute Gasteiger partial charge is 0.264 e. The van der Waals surface area contributed by atoms with Crippen LogP contribution in [-0.4, -0.2) is 18.6 Å². The number of nitrogens with zero attached hydrogens (tertiary/aromatic N) is 1. The van der Waals surface area contributed by atoms with Gasteiger partial charge in [0.25, 0.3) is 10.0 Å². The topological polar surface area (TPSA) is 74.8 Å².